The quantitative estimate of drug-likeness (QED) is 0.599. The Morgan fingerprint density at radius 1 is 1.22 bits per heavy atom. The van der Waals surface area contributed by atoms with Crippen molar-refractivity contribution in [3.05, 3.63) is 29.8 Å². The van der Waals surface area contributed by atoms with E-state index in [0.29, 0.717) is 24.9 Å². The lowest BCUT2D eigenvalue weighted by Crippen LogP contribution is -2.31. The van der Waals surface area contributed by atoms with Crippen LogP contribution in [-0.2, 0) is 19.5 Å². The number of nitrogens with zero attached hydrogens (tertiary/aromatic N) is 4. The van der Waals surface area contributed by atoms with Crippen molar-refractivity contribution in [3.63, 3.8) is 0 Å². The van der Waals surface area contributed by atoms with Gasteiger partial charge in [-0.3, -0.25) is 4.99 Å². The van der Waals surface area contributed by atoms with Crippen LogP contribution in [-0.4, -0.2) is 41.5 Å². The molecule has 2 heterocycles. The summed E-state index contributed by atoms with van der Waals surface area (Å²) >= 11 is 0. The number of fused-ring (bicyclic) bond motifs is 1. The Labute approximate surface area is 160 Å². The Morgan fingerprint density at radius 2 is 2.11 bits per heavy atom. The minimum atomic E-state index is 0.570. The van der Waals surface area contributed by atoms with E-state index in [-0.39, 0.29) is 0 Å². The van der Waals surface area contributed by atoms with Gasteiger partial charge in [-0.2, -0.15) is 0 Å². The zero-order valence-electron chi connectivity index (χ0n) is 16.3. The van der Waals surface area contributed by atoms with Crippen LogP contribution >= 0.6 is 0 Å². The lowest BCUT2D eigenvalue weighted by atomic mass is 10.2. The van der Waals surface area contributed by atoms with Gasteiger partial charge >= 0.3 is 0 Å². The van der Waals surface area contributed by atoms with Crippen LogP contribution in [0.5, 0.6) is 11.5 Å². The van der Waals surface area contributed by atoms with Gasteiger partial charge in [-0.05, 0) is 31.9 Å². The Hall–Kier alpha value is -2.77. The number of ether oxygens (including phenoxy) is 2. The summed E-state index contributed by atoms with van der Waals surface area (Å²) < 4.78 is 13.2. The monoisotopic (exact) mass is 372 g/mol. The molecular formula is C19H28N6O2. The number of aliphatic imine (C=N–C) groups is 1. The molecule has 0 bridgehead atoms. The predicted molar refractivity (Wildman–Crippen MR) is 106 cm³/mol. The van der Waals surface area contributed by atoms with E-state index >= 15 is 0 Å². The molecule has 0 radical (unpaired) electrons. The lowest BCUT2D eigenvalue weighted by molar-refractivity contribution is 0.311. The number of methoxy groups -OCH3 is 1. The van der Waals surface area contributed by atoms with Crippen LogP contribution in [0, 0.1) is 0 Å². The maximum absolute atomic E-state index is 5.56. The van der Waals surface area contributed by atoms with Gasteiger partial charge in [-0.25, -0.2) is 0 Å². The number of anilines is 1. The summed E-state index contributed by atoms with van der Waals surface area (Å²) in [6.45, 7) is 4.10. The molecule has 2 N–H and O–H groups in total. The lowest BCUT2D eigenvalue weighted by Gasteiger charge is -2.15. The van der Waals surface area contributed by atoms with E-state index < -0.39 is 0 Å². The van der Waals surface area contributed by atoms with E-state index in [1.54, 1.807) is 14.2 Å². The summed E-state index contributed by atoms with van der Waals surface area (Å²) in [5, 5.41) is 15.3. The molecule has 0 fully saturated rings. The van der Waals surface area contributed by atoms with Gasteiger partial charge in [0.2, 0.25) is 0 Å². The third kappa shape index (κ3) is 4.69. The first kappa shape index (κ1) is 19.0. The largest absolute Gasteiger partial charge is 0.493 e. The van der Waals surface area contributed by atoms with E-state index in [9.17, 15) is 0 Å². The molecule has 2 aromatic rings. The van der Waals surface area contributed by atoms with Crippen molar-refractivity contribution in [2.75, 3.05) is 26.1 Å². The van der Waals surface area contributed by atoms with Crippen LogP contribution in [0.3, 0.4) is 0 Å². The van der Waals surface area contributed by atoms with E-state index in [1.807, 2.05) is 25.1 Å². The summed E-state index contributed by atoms with van der Waals surface area (Å²) in [5.41, 5.74) is 0.864. The highest BCUT2D eigenvalue weighted by Gasteiger charge is 2.15. The van der Waals surface area contributed by atoms with Gasteiger partial charge in [0, 0.05) is 31.8 Å². The van der Waals surface area contributed by atoms with Crippen LogP contribution in [0.15, 0.2) is 23.2 Å². The van der Waals surface area contributed by atoms with Crippen molar-refractivity contribution in [1.29, 1.82) is 0 Å². The van der Waals surface area contributed by atoms with Crippen molar-refractivity contribution < 1.29 is 9.47 Å². The Kier molecular flexibility index (Phi) is 6.51. The minimum Gasteiger partial charge on any atom is -0.493 e. The minimum absolute atomic E-state index is 0.570. The number of aryl methyl sites for hydroxylation is 1. The van der Waals surface area contributed by atoms with Gasteiger partial charge in [0.1, 0.15) is 5.82 Å². The fraction of sp³-hybridized carbons (Fsp3) is 0.526. The molecule has 146 valence electrons. The molecule has 0 unspecified atom stereocenters. The highest BCUT2D eigenvalue weighted by Crippen LogP contribution is 2.30. The second-order valence-corrected chi connectivity index (χ2v) is 6.34. The molecule has 27 heavy (non-hydrogen) atoms. The SMILES string of the molecule is CCOc1ccc(NC(=NC)NCc2nnc3n2CCCCC3)cc1OC. The van der Waals surface area contributed by atoms with E-state index in [0.717, 1.165) is 36.1 Å². The zero-order valence-corrected chi connectivity index (χ0v) is 16.3. The number of hydrogen-bond donors (Lipinski definition) is 2. The highest BCUT2D eigenvalue weighted by atomic mass is 16.5. The average molecular weight is 372 g/mol. The molecule has 0 saturated heterocycles. The standard InChI is InChI=1S/C19H28N6O2/c1-4-27-15-10-9-14(12-16(15)26-3)22-19(20-2)21-13-18-24-23-17-8-6-5-7-11-25(17)18/h9-10,12H,4-8,11,13H2,1-3H3,(H2,20,21,22). The fourth-order valence-corrected chi connectivity index (χ4v) is 3.17. The van der Waals surface area contributed by atoms with Crippen LogP contribution in [0.25, 0.3) is 0 Å². The van der Waals surface area contributed by atoms with Crippen molar-refractivity contribution in [1.82, 2.24) is 20.1 Å². The van der Waals surface area contributed by atoms with Crippen molar-refractivity contribution in [2.45, 2.75) is 45.7 Å². The molecule has 0 spiro atoms. The predicted octanol–water partition coefficient (Wildman–Crippen LogP) is 2.60. The summed E-state index contributed by atoms with van der Waals surface area (Å²) in [6, 6.07) is 5.71. The maximum atomic E-state index is 5.56. The van der Waals surface area contributed by atoms with Crippen LogP contribution in [0.1, 0.15) is 37.8 Å². The van der Waals surface area contributed by atoms with Gasteiger partial charge in [-0.15, -0.1) is 10.2 Å². The smallest absolute Gasteiger partial charge is 0.195 e. The number of guanidine groups is 1. The average Bonchev–Trinajstić information content (AvgIpc) is 2.92. The molecule has 1 aromatic heterocycles. The second-order valence-electron chi connectivity index (χ2n) is 6.34. The molecular weight excluding hydrogens is 344 g/mol. The molecule has 1 aromatic carbocycles. The number of nitrogens with one attached hydrogen (secondary N) is 2. The van der Waals surface area contributed by atoms with E-state index in [2.05, 4.69) is 30.4 Å². The van der Waals surface area contributed by atoms with Gasteiger partial charge in [0.05, 0.1) is 20.3 Å². The molecule has 8 nitrogen and oxygen atoms in total. The summed E-state index contributed by atoms with van der Waals surface area (Å²) in [7, 11) is 3.37. The van der Waals surface area contributed by atoms with Crippen LogP contribution < -0.4 is 20.1 Å². The summed E-state index contributed by atoms with van der Waals surface area (Å²) in [4.78, 5) is 4.29. The molecule has 1 aliphatic heterocycles. The van der Waals surface area contributed by atoms with Crippen LogP contribution in [0.2, 0.25) is 0 Å². The Balaban J connectivity index is 1.64. The molecule has 1 aliphatic rings. The van der Waals surface area contributed by atoms with Crippen LogP contribution in [0.4, 0.5) is 5.69 Å². The number of benzene rings is 1. The van der Waals surface area contributed by atoms with Crippen molar-refractivity contribution in [3.8, 4) is 11.5 Å². The number of rotatable bonds is 6. The van der Waals surface area contributed by atoms with E-state index in [4.69, 9.17) is 9.47 Å². The first-order valence-electron chi connectivity index (χ1n) is 9.44. The summed E-state index contributed by atoms with van der Waals surface area (Å²) in [5.74, 6) is 4.09. The first-order valence-corrected chi connectivity index (χ1v) is 9.44. The van der Waals surface area contributed by atoms with Gasteiger partial charge < -0.3 is 24.7 Å². The van der Waals surface area contributed by atoms with Gasteiger partial charge in [-0.1, -0.05) is 6.42 Å². The summed E-state index contributed by atoms with van der Waals surface area (Å²) in [6.07, 6.45) is 4.62. The second kappa shape index (κ2) is 9.25. The highest BCUT2D eigenvalue weighted by molar-refractivity contribution is 5.93. The first-order chi connectivity index (χ1) is 13.2. The third-order valence-electron chi connectivity index (χ3n) is 4.55. The van der Waals surface area contributed by atoms with Gasteiger partial charge in [0.15, 0.2) is 23.3 Å². The number of aromatic nitrogens is 3. The topological polar surface area (TPSA) is 85.6 Å². The van der Waals surface area contributed by atoms with Crippen molar-refractivity contribution in [2.24, 2.45) is 4.99 Å². The Morgan fingerprint density at radius 3 is 2.89 bits per heavy atom. The molecule has 8 heteroatoms. The van der Waals surface area contributed by atoms with Crippen molar-refractivity contribution >= 4 is 11.6 Å². The fourth-order valence-electron chi connectivity index (χ4n) is 3.17. The molecule has 0 amide bonds. The van der Waals surface area contributed by atoms with Gasteiger partial charge in [0.25, 0.3) is 0 Å². The Bertz CT molecular complexity index is 787. The normalized spacial score (nSPS) is 14.3. The molecule has 3 rings (SSSR count). The third-order valence-corrected chi connectivity index (χ3v) is 4.55. The maximum Gasteiger partial charge on any atom is 0.195 e. The number of hydrogen-bond acceptors (Lipinski definition) is 5. The van der Waals surface area contributed by atoms with E-state index in [1.165, 1.54) is 19.3 Å². The molecule has 0 aliphatic carbocycles. The zero-order chi connectivity index (χ0) is 19.1. The molecule has 0 saturated carbocycles. The molecule has 0 atom stereocenters.